The standard InChI is InChI=1S/C14H15ClN2O/c15-12-8-6-11(7-9-12)14(17-16)10-18-13-4-2-1-3-5-13/h1-9,14,17H,10,16H2. The van der Waals surface area contributed by atoms with Crippen molar-refractivity contribution in [2.24, 2.45) is 5.84 Å². The first kappa shape index (κ1) is 12.9. The van der Waals surface area contributed by atoms with E-state index in [0.717, 1.165) is 11.3 Å². The number of nitrogens with two attached hydrogens (primary N) is 1. The number of hydrazine groups is 1. The van der Waals surface area contributed by atoms with Gasteiger partial charge >= 0.3 is 0 Å². The number of nitrogens with one attached hydrogen (secondary N) is 1. The first-order chi connectivity index (χ1) is 8.79. The summed E-state index contributed by atoms with van der Waals surface area (Å²) in [5, 5.41) is 0.707. The van der Waals surface area contributed by atoms with E-state index in [1.54, 1.807) is 0 Å². The lowest BCUT2D eigenvalue weighted by Crippen LogP contribution is -2.32. The van der Waals surface area contributed by atoms with Gasteiger partial charge < -0.3 is 4.74 Å². The molecule has 0 saturated carbocycles. The fourth-order valence-electron chi connectivity index (χ4n) is 1.63. The van der Waals surface area contributed by atoms with E-state index in [4.69, 9.17) is 22.2 Å². The van der Waals surface area contributed by atoms with Gasteiger partial charge in [0.1, 0.15) is 12.4 Å². The molecular weight excluding hydrogens is 248 g/mol. The number of ether oxygens (including phenoxy) is 1. The molecule has 0 bridgehead atoms. The average Bonchev–Trinajstić information content (AvgIpc) is 2.42. The lowest BCUT2D eigenvalue weighted by molar-refractivity contribution is 0.267. The highest BCUT2D eigenvalue weighted by molar-refractivity contribution is 6.30. The van der Waals surface area contributed by atoms with Crippen LogP contribution in [-0.4, -0.2) is 6.61 Å². The predicted octanol–water partition coefficient (Wildman–Crippen LogP) is 2.92. The van der Waals surface area contributed by atoms with Crippen molar-refractivity contribution in [1.29, 1.82) is 0 Å². The Hall–Kier alpha value is -1.55. The minimum Gasteiger partial charge on any atom is -0.492 e. The molecule has 18 heavy (non-hydrogen) atoms. The molecule has 3 nitrogen and oxygen atoms in total. The number of para-hydroxylation sites is 1. The van der Waals surface area contributed by atoms with Crippen molar-refractivity contribution in [3.63, 3.8) is 0 Å². The molecule has 1 unspecified atom stereocenters. The minimum atomic E-state index is -0.0672. The van der Waals surface area contributed by atoms with Crippen molar-refractivity contribution < 1.29 is 4.74 Å². The first-order valence-corrected chi connectivity index (χ1v) is 6.07. The van der Waals surface area contributed by atoms with Crippen LogP contribution in [0.2, 0.25) is 5.02 Å². The van der Waals surface area contributed by atoms with Crippen LogP contribution in [0.4, 0.5) is 0 Å². The summed E-state index contributed by atoms with van der Waals surface area (Å²) in [7, 11) is 0. The van der Waals surface area contributed by atoms with Crippen LogP contribution in [0.15, 0.2) is 54.6 Å². The van der Waals surface area contributed by atoms with Gasteiger partial charge in [0.15, 0.2) is 0 Å². The van der Waals surface area contributed by atoms with Crippen LogP contribution in [0, 0.1) is 0 Å². The van der Waals surface area contributed by atoms with Gasteiger partial charge in [-0.2, -0.15) is 0 Å². The van der Waals surface area contributed by atoms with E-state index in [2.05, 4.69) is 5.43 Å². The van der Waals surface area contributed by atoms with Crippen molar-refractivity contribution >= 4 is 11.6 Å². The second-order valence-electron chi connectivity index (χ2n) is 3.89. The minimum absolute atomic E-state index is 0.0672. The maximum atomic E-state index is 5.85. The molecule has 0 aliphatic rings. The smallest absolute Gasteiger partial charge is 0.119 e. The summed E-state index contributed by atoms with van der Waals surface area (Å²) >= 11 is 5.85. The van der Waals surface area contributed by atoms with Gasteiger partial charge in [-0.25, -0.2) is 5.43 Å². The van der Waals surface area contributed by atoms with Gasteiger partial charge in [-0.1, -0.05) is 41.9 Å². The summed E-state index contributed by atoms with van der Waals surface area (Å²) in [6.45, 7) is 0.460. The van der Waals surface area contributed by atoms with Crippen molar-refractivity contribution in [2.45, 2.75) is 6.04 Å². The Morgan fingerprint density at radius 1 is 1.06 bits per heavy atom. The summed E-state index contributed by atoms with van der Waals surface area (Å²) in [5.41, 5.74) is 3.78. The predicted molar refractivity (Wildman–Crippen MR) is 73.5 cm³/mol. The molecule has 0 aromatic heterocycles. The Kier molecular flexibility index (Phi) is 4.59. The maximum absolute atomic E-state index is 5.85. The molecule has 2 aromatic rings. The Morgan fingerprint density at radius 3 is 2.33 bits per heavy atom. The summed E-state index contributed by atoms with van der Waals surface area (Å²) < 4.78 is 5.67. The van der Waals surface area contributed by atoms with Crippen molar-refractivity contribution in [3.8, 4) is 5.75 Å². The van der Waals surface area contributed by atoms with Crippen molar-refractivity contribution in [1.82, 2.24) is 5.43 Å². The van der Waals surface area contributed by atoms with E-state index in [9.17, 15) is 0 Å². The van der Waals surface area contributed by atoms with E-state index in [-0.39, 0.29) is 6.04 Å². The normalized spacial score (nSPS) is 12.1. The van der Waals surface area contributed by atoms with Gasteiger partial charge in [-0.3, -0.25) is 5.84 Å². The van der Waals surface area contributed by atoms with Crippen LogP contribution >= 0.6 is 11.6 Å². The van der Waals surface area contributed by atoms with E-state index < -0.39 is 0 Å². The summed E-state index contributed by atoms with van der Waals surface area (Å²) in [4.78, 5) is 0. The quantitative estimate of drug-likeness (QED) is 0.643. The number of hydrogen-bond acceptors (Lipinski definition) is 3. The highest BCUT2D eigenvalue weighted by atomic mass is 35.5. The molecule has 4 heteroatoms. The van der Waals surface area contributed by atoms with Gasteiger partial charge in [0, 0.05) is 5.02 Å². The Balaban J connectivity index is 1.99. The van der Waals surface area contributed by atoms with Crippen LogP contribution in [0.5, 0.6) is 5.75 Å². The molecule has 3 N–H and O–H groups in total. The molecule has 2 rings (SSSR count). The van der Waals surface area contributed by atoms with Gasteiger partial charge in [-0.05, 0) is 29.8 Å². The zero-order valence-electron chi connectivity index (χ0n) is 9.84. The molecule has 0 aliphatic heterocycles. The van der Waals surface area contributed by atoms with Crippen LogP contribution in [0.25, 0.3) is 0 Å². The molecular formula is C14H15ClN2O. The molecule has 0 spiro atoms. The van der Waals surface area contributed by atoms with Crippen molar-refractivity contribution in [2.75, 3.05) is 6.61 Å². The number of halogens is 1. The molecule has 0 fully saturated rings. The van der Waals surface area contributed by atoms with E-state index >= 15 is 0 Å². The lowest BCUT2D eigenvalue weighted by Gasteiger charge is -2.17. The fraction of sp³-hybridized carbons (Fsp3) is 0.143. The van der Waals surface area contributed by atoms with E-state index in [1.807, 2.05) is 54.6 Å². The molecule has 0 aliphatic carbocycles. The summed E-state index contributed by atoms with van der Waals surface area (Å²) in [6.07, 6.45) is 0. The molecule has 2 aromatic carbocycles. The summed E-state index contributed by atoms with van der Waals surface area (Å²) in [5.74, 6) is 6.37. The van der Waals surface area contributed by atoms with Crippen LogP contribution in [0.1, 0.15) is 11.6 Å². The summed E-state index contributed by atoms with van der Waals surface area (Å²) in [6, 6.07) is 17.1. The van der Waals surface area contributed by atoms with Gasteiger partial charge in [0.05, 0.1) is 6.04 Å². The molecule has 0 amide bonds. The van der Waals surface area contributed by atoms with Crippen LogP contribution in [-0.2, 0) is 0 Å². The molecule has 0 heterocycles. The third kappa shape index (κ3) is 3.47. The van der Waals surface area contributed by atoms with Gasteiger partial charge in [-0.15, -0.1) is 0 Å². The van der Waals surface area contributed by atoms with E-state index in [1.165, 1.54) is 0 Å². The molecule has 94 valence electrons. The average molecular weight is 263 g/mol. The van der Waals surface area contributed by atoms with E-state index in [0.29, 0.717) is 11.6 Å². The number of hydrogen-bond donors (Lipinski definition) is 2. The van der Waals surface area contributed by atoms with Gasteiger partial charge in [0.2, 0.25) is 0 Å². The molecule has 0 saturated heterocycles. The van der Waals surface area contributed by atoms with Gasteiger partial charge in [0.25, 0.3) is 0 Å². The third-order valence-electron chi connectivity index (χ3n) is 2.63. The lowest BCUT2D eigenvalue weighted by atomic mass is 10.1. The SMILES string of the molecule is NNC(COc1ccccc1)c1ccc(Cl)cc1. The Morgan fingerprint density at radius 2 is 1.72 bits per heavy atom. The topological polar surface area (TPSA) is 47.3 Å². The highest BCUT2D eigenvalue weighted by Gasteiger charge is 2.10. The Bertz CT molecular complexity index is 473. The second-order valence-corrected chi connectivity index (χ2v) is 4.33. The fourth-order valence-corrected chi connectivity index (χ4v) is 1.76. The monoisotopic (exact) mass is 262 g/mol. The Labute approximate surface area is 111 Å². The largest absolute Gasteiger partial charge is 0.492 e. The zero-order chi connectivity index (χ0) is 12.8. The highest BCUT2D eigenvalue weighted by Crippen LogP contribution is 2.17. The van der Waals surface area contributed by atoms with Crippen LogP contribution < -0.4 is 16.0 Å². The molecule has 0 radical (unpaired) electrons. The van der Waals surface area contributed by atoms with Crippen molar-refractivity contribution in [3.05, 3.63) is 65.2 Å². The number of benzene rings is 2. The molecule has 1 atom stereocenters. The van der Waals surface area contributed by atoms with Crippen LogP contribution in [0.3, 0.4) is 0 Å². The number of rotatable bonds is 5. The maximum Gasteiger partial charge on any atom is 0.119 e. The first-order valence-electron chi connectivity index (χ1n) is 5.69. The second kappa shape index (κ2) is 6.40. The zero-order valence-corrected chi connectivity index (χ0v) is 10.6. The third-order valence-corrected chi connectivity index (χ3v) is 2.89.